The molecular weight excluding hydrogens is 453 g/mol. The van der Waals surface area contributed by atoms with Crippen molar-refractivity contribution in [3.8, 4) is 0 Å². The standard InChI is InChI=1S/C25H28ClF3N2O2/c1-24(2,3)12-21(32)16-6-4-15(5-7-16)13-31-22-18-9-8-17(23(33)25(27,28)29)14-30-20(18)11-10-19(22)26/h4-7,10-11,17,30-31H,8-9,12-14H2,1-3H3. The van der Waals surface area contributed by atoms with Crippen LogP contribution in [0.3, 0.4) is 0 Å². The molecule has 2 aromatic rings. The first-order valence-electron chi connectivity index (χ1n) is 10.9. The molecule has 1 heterocycles. The Labute approximate surface area is 196 Å². The van der Waals surface area contributed by atoms with Crippen LogP contribution in [0.15, 0.2) is 36.4 Å². The van der Waals surface area contributed by atoms with Crippen molar-refractivity contribution in [3.63, 3.8) is 0 Å². The summed E-state index contributed by atoms with van der Waals surface area (Å²) in [7, 11) is 0. The van der Waals surface area contributed by atoms with E-state index in [2.05, 4.69) is 10.6 Å². The lowest BCUT2D eigenvalue weighted by molar-refractivity contribution is -0.175. The molecule has 2 aromatic carbocycles. The fraction of sp³-hybridized carbons (Fsp3) is 0.440. The topological polar surface area (TPSA) is 58.2 Å². The minimum absolute atomic E-state index is 0.0729. The minimum atomic E-state index is -4.85. The highest BCUT2D eigenvalue weighted by Crippen LogP contribution is 2.37. The lowest BCUT2D eigenvalue weighted by Crippen LogP contribution is -2.34. The lowest BCUT2D eigenvalue weighted by Gasteiger charge is -2.17. The monoisotopic (exact) mass is 480 g/mol. The van der Waals surface area contributed by atoms with Gasteiger partial charge in [-0.2, -0.15) is 13.2 Å². The Bertz CT molecular complexity index is 1030. The molecule has 0 radical (unpaired) electrons. The van der Waals surface area contributed by atoms with Gasteiger partial charge in [0.25, 0.3) is 0 Å². The summed E-state index contributed by atoms with van der Waals surface area (Å²) in [6.45, 7) is 6.41. The van der Waals surface area contributed by atoms with Crippen molar-refractivity contribution in [1.29, 1.82) is 0 Å². The molecule has 0 aliphatic carbocycles. The van der Waals surface area contributed by atoms with E-state index in [1.807, 2.05) is 32.9 Å². The summed E-state index contributed by atoms with van der Waals surface area (Å²) in [5.41, 5.74) is 3.57. The molecule has 0 spiro atoms. The normalized spacial score (nSPS) is 16.4. The van der Waals surface area contributed by atoms with E-state index < -0.39 is 17.9 Å². The third-order valence-corrected chi connectivity index (χ3v) is 5.95. The number of carbonyl (C=O) groups is 2. The van der Waals surface area contributed by atoms with Crippen molar-refractivity contribution in [1.82, 2.24) is 0 Å². The van der Waals surface area contributed by atoms with E-state index in [-0.39, 0.29) is 30.6 Å². The number of rotatable bonds is 6. The Morgan fingerprint density at radius 3 is 2.36 bits per heavy atom. The number of anilines is 2. The molecule has 0 saturated carbocycles. The summed E-state index contributed by atoms with van der Waals surface area (Å²) in [4.78, 5) is 24.1. The second-order valence-corrected chi connectivity index (χ2v) is 10.0. The van der Waals surface area contributed by atoms with Crippen LogP contribution in [0.5, 0.6) is 0 Å². The van der Waals surface area contributed by atoms with Gasteiger partial charge in [-0.15, -0.1) is 0 Å². The molecule has 178 valence electrons. The molecule has 0 aromatic heterocycles. The van der Waals surface area contributed by atoms with Gasteiger partial charge < -0.3 is 10.6 Å². The van der Waals surface area contributed by atoms with Gasteiger partial charge in [0.05, 0.1) is 10.7 Å². The number of alkyl halides is 3. The first kappa shape index (κ1) is 25.1. The molecular formula is C25H28ClF3N2O2. The zero-order valence-corrected chi connectivity index (χ0v) is 19.7. The average molecular weight is 481 g/mol. The fourth-order valence-corrected chi connectivity index (χ4v) is 4.17. The van der Waals surface area contributed by atoms with Gasteiger partial charge in [0.1, 0.15) is 0 Å². The molecule has 1 unspecified atom stereocenters. The van der Waals surface area contributed by atoms with Crippen molar-refractivity contribution >= 4 is 34.5 Å². The summed E-state index contributed by atoms with van der Waals surface area (Å²) < 4.78 is 38.6. The largest absolute Gasteiger partial charge is 0.450 e. The number of halogens is 4. The molecule has 0 bridgehead atoms. The molecule has 1 aliphatic rings. The zero-order valence-electron chi connectivity index (χ0n) is 18.9. The van der Waals surface area contributed by atoms with Crippen LogP contribution in [0, 0.1) is 11.3 Å². The van der Waals surface area contributed by atoms with Gasteiger partial charge in [-0.1, -0.05) is 56.6 Å². The van der Waals surface area contributed by atoms with E-state index in [9.17, 15) is 22.8 Å². The molecule has 0 fully saturated rings. The van der Waals surface area contributed by atoms with Crippen molar-refractivity contribution in [2.45, 2.75) is 52.8 Å². The van der Waals surface area contributed by atoms with Crippen molar-refractivity contribution in [2.75, 3.05) is 17.2 Å². The molecule has 2 N–H and O–H groups in total. The molecule has 1 atom stereocenters. The number of benzene rings is 2. The van der Waals surface area contributed by atoms with Crippen molar-refractivity contribution in [3.05, 3.63) is 58.1 Å². The quantitative estimate of drug-likeness (QED) is 0.453. The molecule has 33 heavy (non-hydrogen) atoms. The number of nitrogens with one attached hydrogen (secondary N) is 2. The van der Waals surface area contributed by atoms with E-state index in [1.165, 1.54) is 0 Å². The Morgan fingerprint density at radius 1 is 1.09 bits per heavy atom. The maximum atomic E-state index is 12.9. The Kier molecular flexibility index (Phi) is 7.42. The summed E-state index contributed by atoms with van der Waals surface area (Å²) in [6.07, 6.45) is -4.01. The number of ketones is 2. The van der Waals surface area contributed by atoms with Crippen molar-refractivity contribution < 1.29 is 22.8 Å². The maximum Gasteiger partial charge on any atom is 0.450 e. The first-order valence-corrected chi connectivity index (χ1v) is 11.3. The summed E-state index contributed by atoms with van der Waals surface area (Å²) in [6, 6.07) is 10.7. The molecule has 1 aliphatic heterocycles. The van der Waals surface area contributed by atoms with E-state index in [1.54, 1.807) is 24.3 Å². The fourth-order valence-electron chi connectivity index (χ4n) is 3.93. The Balaban J connectivity index is 1.71. The number of hydrogen-bond donors (Lipinski definition) is 2. The molecule has 8 heteroatoms. The van der Waals surface area contributed by atoms with E-state index in [4.69, 9.17) is 11.6 Å². The predicted octanol–water partition coefficient (Wildman–Crippen LogP) is 6.68. The van der Waals surface area contributed by atoms with Crippen LogP contribution in [0.4, 0.5) is 24.5 Å². The van der Waals surface area contributed by atoms with Crippen LogP contribution in [-0.4, -0.2) is 24.3 Å². The summed E-state index contributed by atoms with van der Waals surface area (Å²) in [5.74, 6) is -2.75. The Morgan fingerprint density at radius 2 is 1.76 bits per heavy atom. The van der Waals surface area contributed by atoms with Gasteiger partial charge in [-0.3, -0.25) is 9.59 Å². The van der Waals surface area contributed by atoms with E-state index in [0.29, 0.717) is 34.9 Å². The summed E-state index contributed by atoms with van der Waals surface area (Å²) in [5, 5.41) is 6.71. The second kappa shape index (κ2) is 9.75. The van der Waals surface area contributed by atoms with Gasteiger partial charge in [0, 0.05) is 36.7 Å². The van der Waals surface area contributed by atoms with Gasteiger partial charge in [0.15, 0.2) is 5.78 Å². The van der Waals surface area contributed by atoms with Crippen LogP contribution in [-0.2, 0) is 17.8 Å². The molecule has 4 nitrogen and oxygen atoms in total. The summed E-state index contributed by atoms with van der Waals surface area (Å²) >= 11 is 6.40. The molecule has 3 rings (SSSR count). The van der Waals surface area contributed by atoms with Gasteiger partial charge >= 0.3 is 6.18 Å². The predicted molar refractivity (Wildman–Crippen MR) is 125 cm³/mol. The van der Waals surface area contributed by atoms with E-state index in [0.717, 1.165) is 11.1 Å². The highest BCUT2D eigenvalue weighted by atomic mass is 35.5. The third-order valence-electron chi connectivity index (χ3n) is 5.63. The van der Waals surface area contributed by atoms with Crippen LogP contribution >= 0.6 is 11.6 Å². The molecule has 0 saturated heterocycles. The second-order valence-electron chi connectivity index (χ2n) is 9.64. The number of hydrogen-bond acceptors (Lipinski definition) is 4. The lowest BCUT2D eigenvalue weighted by atomic mass is 9.88. The first-order chi connectivity index (χ1) is 15.3. The van der Waals surface area contributed by atoms with Crippen LogP contribution in [0.25, 0.3) is 0 Å². The average Bonchev–Trinajstić information content (AvgIpc) is 2.93. The van der Waals surface area contributed by atoms with E-state index >= 15 is 0 Å². The molecule has 0 amide bonds. The number of fused-ring (bicyclic) bond motifs is 1. The highest BCUT2D eigenvalue weighted by molar-refractivity contribution is 6.33. The smallest absolute Gasteiger partial charge is 0.384 e. The highest BCUT2D eigenvalue weighted by Gasteiger charge is 2.43. The SMILES string of the molecule is CC(C)(C)CC(=O)c1ccc(CNc2c(Cl)ccc3c2CCC(C(=O)C(F)(F)F)CN3)cc1. The zero-order chi connectivity index (χ0) is 24.4. The van der Waals surface area contributed by atoms with Gasteiger partial charge in [-0.25, -0.2) is 0 Å². The third kappa shape index (κ3) is 6.50. The van der Waals surface area contributed by atoms with Crippen molar-refractivity contribution in [2.24, 2.45) is 11.3 Å². The van der Waals surface area contributed by atoms with Crippen LogP contribution in [0.1, 0.15) is 55.1 Å². The minimum Gasteiger partial charge on any atom is -0.384 e. The van der Waals surface area contributed by atoms with Crippen LogP contribution < -0.4 is 10.6 Å². The number of Topliss-reactive ketones (excluding diaryl/α,β-unsaturated/α-hetero) is 2. The van der Waals surface area contributed by atoms with Gasteiger partial charge in [0.2, 0.25) is 5.78 Å². The van der Waals surface area contributed by atoms with Crippen LogP contribution in [0.2, 0.25) is 5.02 Å². The maximum absolute atomic E-state index is 12.9. The Hall–Kier alpha value is -2.54. The number of carbonyl (C=O) groups excluding carboxylic acids is 2. The van der Waals surface area contributed by atoms with Gasteiger partial charge in [-0.05, 0) is 41.5 Å².